The maximum Gasteiger partial charge on any atom is 0.131 e. The average molecular weight is 178 g/mol. The molecule has 2 heteroatoms. The van der Waals surface area contributed by atoms with Gasteiger partial charge in [0.15, 0.2) is 0 Å². The van der Waals surface area contributed by atoms with Crippen LogP contribution in [0.1, 0.15) is 20.3 Å². The van der Waals surface area contributed by atoms with E-state index in [1.54, 1.807) is 13.2 Å². The van der Waals surface area contributed by atoms with E-state index in [4.69, 9.17) is 0 Å². The van der Waals surface area contributed by atoms with E-state index < -0.39 is 0 Å². The number of rotatable bonds is 1. The van der Waals surface area contributed by atoms with Crippen molar-refractivity contribution >= 4 is 6.20 Å². The van der Waals surface area contributed by atoms with Gasteiger partial charge < -0.3 is 4.57 Å². The molecular weight excluding hydrogens is 160 g/mol. The molecule has 0 fully saturated rings. The lowest BCUT2D eigenvalue weighted by atomic mass is 10.5. The van der Waals surface area contributed by atoms with Crippen LogP contribution in [0.3, 0.4) is 0 Å². The lowest BCUT2D eigenvalue weighted by Gasteiger charge is -1.96. The quantitative estimate of drug-likeness (QED) is 0.629. The molecule has 13 heavy (non-hydrogen) atoms. The molecule has 0 unspecified atom stereocenters. The maximum absolute atomic E-state index is 4.03. The fourth-order valence-corrected chi connectivity index (χ4v) is 0.791. The Balaban J connectivity index is 0.000000424. The number of aromatic nitrogens is 1. The zero-order chi connectivity index (χ0) is 10.1. The summed E-state index contributed by atoms with van der Waals surface area (Å²) in [6, 6.07) is 5.82. The van der Waals surface area contributed by atoms with Crippen LogP contribution in [0.25, 0.3) is 6.20 Å². The lowest BCUT2D eigenvalue weighted by Crippen LogP contribution is -2.13. The predicted octanol–water partition coefficient (Wildman–Crippen LogP) is 2.54. The summed E-state index contributed by atoms with van der Waals surface area (Å²) >= 11 is 0. The van der Waals surface area contributed by atoms with Crippen LogP contribution < -0.4 is 5.49 Å². The number of hydrogen-bond donors (Lipinski definition) is 0. The fraction of sp³-hybridized carbons (Fsp3) is 0.364. The van der Waals surface area contributed by atoms with Gasteiger partial charge in [0, 0.05) is 19.4 Å². The molecule has 0 saturated carbocycles. The van der Waals surface area contributed by atoms with Crippen LogP contribution in [0.4, 0.5) is 0 Å². The summed E-state index contributed by atoms with van der Waals surface area (Å²) in [6.07, 6.45) is 4.89. The van der Waals surface area contributed by atoms with Crippen LogP contribution in [-0.2, 0) is 0 Å². The molecule has 0 amide bonds. The van der Waals surface area contributed by atoms with E-state index in [2.05, 4.69) is 25.4 Å². The van der Waals surface area contributed by atoms with E-state index in [1.165, 1.54) is 6.42 Å². The van der Waals surface area contributed by atoms with Crippen LogP contribution in [0, 0.1) is 0 Å². The second-order valence-corrected chi connectivity index (χ2v) is 2.58. The van der Waals surface area contributed by atoms with Crippen molar-refractivity contribution in [1.82, 2.24) is 4.57 Å². The molecule has 0 saturated heterocycles. The standard InChI is InChI=1S/C8H10N2.C3H8/c1-3-10-7-5-4-6-8(10)9-2;1-3-2/h3-7H,1H2,2H3;3H2,1-2H3. The zero-order valence-corrected chi connectivity index (χ0v) is 8.70. The number of pyridine rings is 1. The Morgan fingerprint density at radius 1 is 1.46 bits per heavy atom. The molecule has 0 spiro atoms. The normalized spacial score (nSPS) is 10.2. The van der Waals surface area contributed by atoms with Crippen molar-refractivity contribution in [3.8, 4) is 0 Å². The van der Waals surface area contributed by atoms with Crippen LogP contribution in [0.2, 0.25) is 0 Å². The monoisotopic (exact) mass is 178 g/mol. The molecule has 0 atom stereocenters. The maximum atomic E-state index is 4.03. The third kappa shape index (κ3) is 4.31. The van der Waals surface area contributed by atoms with Gasteiger partial charge in [-0.25, -0.2) is 0 Å². The van der Waals surface area contributed by atoms with E-state index >= 15 is 0 Å². The number of hydrogen-bond acceptors (Lipinski definition) is 1. The van der Waals surface area contributed by atoms with Gasteiger partial charge in [-0.05, 0) is 12.1 Å². The summed E-state index contributed by atoms with van der Waals surface area (Å²) in [6.45, 7) is 7.89. The SMILES string of the molecule is C=Cn1ccccc1=NC.CCC. The molecule has 1 aromatic heterocycles. The Morgan fingerprint density at radius 3 is 2.46 bits per heavy atom. The Kier molecular flexibility index (Phi) is 6.60. The first-order valence-corrected chi connectivity index (χ1v) is 4.52. The minimum absolute atomic E-state index is 0.914. The molecule has 0 radical (unpaired) electrons. The number of nitrogens with zero attached hydrogens (tertiary/aromatic N) is 2. The first-order chi connectivity index (χ1) is 6.29. The van der Waals surface area contributed by atoms with Gasteiger partial charge in [-0.3, -0.25) is 4.99 Å². The predicted molar refractivity (Wildman–Crippen MR) is 58.3 cm³/mol. The topological polar surface area (TPSA) is 17.3 Å². The van der Waals surface area contributed by atoms with Gasteiger partial charge in [0.2, 0.25) is 0 Å². The van der Waals surface area contributed by atoms with Gasteiger partial charge in [0.1, 0.15) is 5.49 Å². The Bertz CT molecular complexity index is 297. The van der Waals surface area contributed by atoms with E-state index in [9.17, 15) is 0 Å². The highest BCUT2D eigenvalue weighted by Crippen LogP contribution is 1.80. The lowest BCUT2D eigenvalue weighted by molar-refractivity contribution is 0.992. The van der Waals surface area contributed by atoms with E-state index in [1.807, 2.05) is 29.0 Å². The third-order valence-electron chi connectivity index (χ3n) is 1.29. The molecule has 0 bridgehead atoms. The molecule has 0 aliphatic carbocycles. The Hall–Kier alpha value is -1.31. The van der Waals surface area contributed by atoms with Crippen molar-refractivity contribution in [3.05, 3.63) is 36.5 Å². The fourth-order valence-electron chi connectivity index (χ4n) is 0.791. The van der Waals surface area contributed by atoms with Crippen molar-refractivity contribution in [2.45, 2.75) is 20.3 Å². The van der Waals surface area contributed by atoms with Crippen molar-refractivity contribution < 1.29 is 0 Å². The van der Waals surface area contributed by atoms with Crippen molar-refractivity contribution in [1.29, 1.82) is 0 Å². The largest absolute Gasteiger partial charge is 0.310 e. The summed E-state index contributed by atoms with van der Waals surface area (Å²) < 4.78 is 1.86. The smallest absolute Gasteiger partial charge is 0.131 e. The molecule has 1 heterocycles. The third-order valence-corrected chi connectivity index (χ3v) is 1.29. The molecule has 1 rings (SSSR count). The van der Waals surface area contributed by atoms with Crippen LogP contribution in [-0.4, -0.2) is 11.6 Å². The van der Waals surface area contributed by atoms with Crippen LogP contribution in [0.5, 0.6) is 0 Å². The molecule has 1 aromatic rings. The highest BCUT2D eigenvalue weighted by molar-refractivity contribution is 5.16. The van der Waals surface area contributed by atoms with Gasteiger partial charge in [-0.15, -0.1) is 0 Å². The second-order valence-electron chi connectivity index (χ2n) is 2.58. The van der Waals surface area contributed by atoms with Crippen molar-refractivity contribution in [3.63, 3.8) is 0 Å². The Morgan fingerprint density at radius 2 is 2.08 bits per heavy atom. The minimum Gasteiger partial charge on any atom is -0.310 e. The van der Waals surface area contributed by atoms with Gasteiger partial charge in [0.05, 0.1) is 0 Å². The molecule has 72 valence electrons. The van der Waals surface area contributed by atoms with Crippen LogP contribution in [0.15, 0.2) is 36.0 Å². The zero-order valence-electron chi connectivity index (χ0n) is 8.70. The molecule has 0 aliphatic rings. The highest BCUT2D eigenvalue weighted by atomic mass is 15.0. The van der Waals surface area contributed by atoms with Gasteiger partial charge >= 0.3 is 0 Å². The summed E-state index contributed by atoms with van der Waals surface area (Å²) in [5.41, 5.74) is 0.914. The van der Waals surface area contributed by atoms with E-state index in [0.29, 0.717) is 0 Å². The van der Waals surface area contributed by atoms with E-state index in [-0.39, 0.29) is 0 Å². The summed E-state index contributed by atoms with van der Waals surface area (Å²) in [4.78, 5) is 4.03. The van der Waals surface area contributed by atoms with E-state index in [0.717, 1.165) is 5.49 Å². The van der Waals surface area contributed by atoms with Crippen molar-refractivity contribution in [2.24, 2.45) is 4.99 Å². The second kappa shape index (κ2) is 7.35. The molecule has 0 aromatic carbocycles. The first kappa shape index (κ1) is 11.7. The van der Waals surface area contributed by atoms with Crippen LogP contribution >= 0.6 is 0 Å². The Labute approximate surface area is 80.3 Å². The highest BCUT2D eigenvalue weighted by Gasteiger charge is 1.80. The summed E-state index contributed by atoms with van der Waals surface area (Å²) in [5.74, 6) is 0. The molecule has 0 aliphatic heterocycles. The van der Waals surface area contributed by atoms with Crippen molar-refractivity contribution in [2.75, 3.05) is 7.05 Å². The van der Waals surface area contributed by atoms with Gasteiger partial charge in [-0.1, -0.05) is 32.9 Å². The molecule has 2 nitrogen and oxygen atoms in total. The van der Waals surface area contributed by atoms with Gasteiger partial charge in [-0.2, -0.15) is 0 Å². The molecule has 0 N–H and O–H groups in total. The summed E-state index contributed by atoms with van der Waals surface area (Å²) in [5, 5.41) is 0. The minimum atomic E-state index is 0.914. The average Bonchev–Trinajstić information content (AvgIpc) is 2.19. The molecular formula is C11H18N2. The summed E-state index contributed by atoms with van der Waals surface area (Å²) in [7, 11) is 1.76. The van der Waals surface area contributed by atoms with Gasteiger partial charge in [0.25, 0.3) is 0 Å². The first-order valence-electron chi connectivity index (χ1n) is 4.52.